The second-order valence-electron chi connectivity index (χ2n) is 7.31. The number of benzene rings is 1. The molecule has 3 atom stereocenters. The van der Waals surface area contributed by atoms with Crippen molar-refractivity contribution < 1.29 is 19.7 Å². The Morgan fingerprint density at radius 3 is 2.79 bits per heavy atom. The molecular formula is C20H22O4. The Kier molecular flexibility index (Phi) is 3.46. The number of phenolic OH excluding ortho intramolecular Hbond substituents is 2. The first-order valence-electron chi connectivity index (χ1n) is 8.37. The van der Waals surface area contributed by atoms with Crippen LogP contribution in [0.1, 0.15) is 31.7 Å². The molecule has 0 amide bonds. The Morgan fingerprint density at radius 1 is 1.17 bits per heavy atom. The van der Waals surface area contributed by atoms with Crippen molar-refractivity contribution in [1.29, 1.82) is 0 Å². The van der Waals surface area contributed by atoms with Crippen LogP contribution >= 0.6 is 0 Å². The fourth-order valence-electron chi connectivity index (χ4n) is 3.78. The molecule has 1 aromatic carbocycles. The minimum Gasteiger partial charge on any atom is -0.508 e. The average molecular weight is 326 g/mol. The van der Waals surface area contributed by atoms with E-state index in [1.54, 1.807) is 12.1 Å². The van der Waals surface area contributed by atoms with Gasteiger partial charge in [0.1, 0.15) is 22.9 Å². The summed E-state index contributed by atoms with van der Waals surface area (Å²) in [6, 6.07) is 4.78. The number of ether oxygens (including phenoxy) is 2. The van der Waals surface area contributed by atoms with Crippen molar-refractivity contribution >= 4 is 0 Å². The van der Waals surface area contributed by atoms with Crippen molar-refractivity contribution in [3.63, 3.8) is 0 Å². The van der Waals surface area contributed by atoms with Crippen LogP contribution in [-0.2, 0) is 9.47 Å². The summed E-state index contributed by atoms with van der Waals surface area (Å²) >= 11 is 0. The molecule has 2 N–H and O–H groups in total. The molecule has 24 heavy (non-hydrogen) atoms. The summed E-state index contributed by atoms with van der Waals surface area (Å²) in [5, 5.41) is 19.6. The Morgan fingerprint density at radius 2 is 2.00 bits per heavy atom. The number of hydrogen-bond donors (Lipinski definition) is 2. The predicted octanol–water partition coefficient (Wildman–Crippen LogP) is 3.78. The number of phenols is 2. The molecule has 2 heterocycles. The van der Waals surface area contributed by atoms with Crippen LogP contribution < -0.4 is 0 Å². The van der Waals surface area contributed by atoms with E-state index >= 15 is 0 Å². The monoisotopic (exact) mass is 326 g/mol. The molecule has 126 valence electrons. The molecule has 4 rings (SSSR count). The van der Waals surface area contributed by atoms with E-state index in [0.717, 1.165) is 23.3 Å². The summed E-state index contributed by atoms with van der Waals surface area (Å²) in [4.78, 5) is 0. The van der Waals surface area contributed by atoms with Gasteiger partial charge in [0.15, 0.2) is 0 Å². The third-order valence-electron chi connectivity index (χ3n) is 5.00. The molecule has 0 aromatic heterocycles. The Balaban J connectivity index is 1.56. The molecule has 0 spiro atoms. The first-order valence-corrected chi connectivity index (χ1v) is 8.37. The highest BCUT2D eigenvalue weighted by atomic mass is 16.5. The summed E-state index contributed by atoms with van der Waals surface area (Å²) in [7, 11) is 0. The van der Waals surface area contributed by atoms with Crippen LogP contribution in [0, 0.1) is 5.92 Å². The van der Waals surface area contributed by atoms with E-state index in [0.29, 0.717) is 6.61 Å². The zero-order valence-electron chi connectivity index (χ0n) is 13.9. The zero-order chi connectivity index (χ0) is 16.9. The standard InChI is InChI=1S/C20H22O4/c1-20(2)8-7-16-18(24-20)6-3-12-9-13(11-23-19(12)16)15-5-4-14(21)10-17(15)22/h3-8,10,12-13,19,21-22H,9,11H2,1-2H3/t12?,13-,19?/m0/s1. The average Bonchev–Trinajstić information content (AvgIpc) is 2.53. The maximum Gasteiger partial charge on any atom is 0.126 e. The lowest BCUT2D eigenvalue weighted by atomic mass is 9.78. The van der Waals surface area contributed by atoms with E-state index in [2.05, 4.69) is 18.2 Å². The van der Waals surface area contributed by atoms with Crippen LogP contribution in [0.4, 0.5) is 0 Å². The van der Waals surface area contributed by atoms with Crippen molar-refractivity contribution in [2.45, 2.75) is 37.9 Å². The fraction of sp³-hybridized carbons (Fsp3) is 0.400. The molecule has 0 radical (unpaired) electrons. The van der Waals surface area contributed by atoms with Gasteiger partial charge >= 0.3 is 0 Å². The Bertz CT molecular complexity index is 757. The molecular weight excluding hydrogens is 304 g/mol. The van der Waals surface area contributed by atoms with Crippen molar-refractivity contribution in [3.8, 4) is 11.5 Å². The maximum atomic E-state index is 10.1. The number of hydrogen-bond acceptors (Lipinski definition) is 4. The Hall–Kier alpha value is -2.20. The van der Waals surface area contributed by atoms with E-state index in [-0.39, 0.29) is 35.0 Å². The Labute approximate surface area is 141 Å². The summed E-state index contributed by atoms with van der Waals surface area (Å²) in [5.41, 5.74) is 1.65. The summed E-state index contributed by atoms with van der Waals surface area (Å²) in [5.74, 6) is 1.47. The highest BCUT2D eigenvalue weighted by Gasteiger charge is 2.38. The number of aromatic hydroxyl groups is 2. The van der Waals surface area contributed by atoms with Crippen molar-refractivity contribution in [1.82, 2.24) is 0 Å². The zero-order valence-corrected chi connectivity index (χ0v) is 13.9. The van der Waals surface area contributed by atoms with Gasteiger partial charge in [-0.25, -0.2) is 0 Å². The van der Waals surface area contributed by atoms with Gasteiger partial charge in [0.2, 0.25) is 0 Å². The lowest BCUT2D eigenvalue weighted by Crippen LogP contribution is -2.38. The van der Waals surface area contributed by atoms with E-state index in [1.165, 1.54) is 6.07 Å². The van der Waals surface area contributed by atoms with Crippen molar-refractivity contribution in [2.24, 2.45) is 5.92 Å². The third-order valence-corrected chi connectivity index (χ3v) is 5.00. The molecule has 2 unspecified atom stereocenters. The highest BCUT2D eigenvalue weighted by molar-refractivity contribution is 5.44. The molecule has 1 aliphatic carbocycles. The minimum absolute atomic E-state index is 0.00728. The van der Waals surface area contributed by atoms with E-state index in [9.17, 15) is 10.2 Å². The van der Waals surface area contributed by atoms with Crippen LogP contribution in [0.5, 0.6) is 11.5 Å². The van der Waals surface area contributed by atoms with Gasteiger partial charge in [-0.2, -0.15) is 0 Å². The summed E-state index contributed by atoms with van der Waals surface area (Å²) < 4.78 is 12.2. The molecule has 0 bridgehead atoms. The molecule has 1 aromatic rings. The van der Waals surface area contributed by atoms with Gasteiger partial charge in [-0.3, -0.25) is 0 Å². The van der Waals surface area contributed by atoms with E-state index in [4.69, 9.17) is 9.47 Å². The topological polar surface area (TPSA) is 58.9 Å². The van der Waals surface area contributed by atoms with Crippen LogP contribution in [0.2, 0.25) is 0 Å². The second-order valence-corrected chi connectivity index (χ2v) is 7.31. The molecule has 1 saturated heterocycles. The molecule has 4 heteroatoms. The molecule has 4 nitrogen and oxygen atoms in total. The molecule has 1 fully saturated rings. The van der Waals surface area contributed by atoms with Gasteiger partial charge < -0.3 is 19.7 Å². The van der Waals surface area contributed by atoms with E-state index < -0.39 is 0 Å². The van der Waals surface area contributed by atoms with Crippen molar-refractivity contribution in [2.75, 3.05) is 6.61 Å². The quantitative estimate of drug-likeness (QED) is 0.825. The SMILES string of the molecule is CC1(C)C=CC2=C(C=CC3C[C@H](c4ccc(O)cc4O)COC23)O1. The van der Waals surface area contributed by atoms with Crippen LogP contribution in [0.15, 0.2) is 53.8 Å². The lowest BCUT2D eigenvalue weighted by molar-refractivity contribution is -0.0102. The number of allylic oxidation sites excluding steroid dienone is 1. The summed E-state index contributed by atoms with van der Waals surface area (Å²) in [6.45, 7) is 4.62. The van der Waals surface area contributed by atoms with Gasteiger partial charge in [0.25, 0.3) is 0 Å². The first kappa shape index (κ1) is 15.3. The predicted molar refractivity (Wildman–Crippen MR) is 90.8 cm³/mol. The van der Waals surface area contributed by atoms with Gasteiger partial charge in [-0.15, -0.1) is 0 Å². The largest absolute Gasteiger partial charge is 0.508 e. The normalized spacial score (nSPS) is 30.5. The van der Waals surface area contributed by atoms with Crippen LogP contribution in [0.3, 0.4) is 0 Å². The maximum absolute atomic E-state index is 10.1. The van der Waals surface area contributed by atoms with Gasteiger partial charge in [0.05, 0.1) is 12.7 Å². The smallest absolute Gasteiger partial charge is 0.126 e. The number of fused-ring (bicyclic) bond motifs is 2. The minimum atomic E-state index is -0.287. The molecule has 2 aliphatic heterocycles. The molecule has 0 saturated carbocycles. The van der Waals surface area contributed by atoms with Crippen molar-refractivity contribution in [3.05, 3.63) is 59.4 Å². The number of rotatable bonds is 1. The second kappa shape index (κ2) is 5.42. The fourth-order valence-corrected chi connectivity index (χ4v) is 3.78. The van der Waals surface area contributed by atoms with Gasteiger partial charge in [-0.1, -0.05) is 18.2 Å². The lowest BCUT2D eigenvalue weighted by Gasteiger charge is -2.41. The van der Waals surface area contributed by atoms with Crippen LogP contribution in [-0.4, -0.2) is 28.5 Å². The van der Waals surface area contributed by atoms with Crippen LogP contribution in [0.25, 0.3) is 0 Å². The van der Waals surface area contributed by atoms with Gasteiger partial charge in [-0.05, 0) is 44.1 Å². The first-order chi connectivity index (χ1) is 11.4. The molecule has 3 aliphatic rings. The van der Waals surface area contributed by atoms with E-state index in [1.807, 2.05) is 19.9 Å². The highest BCUT2D eigenvalue weighted by Crippen LogP contribution is 2.43. The van der Waals surface area contributed by atoms with Gasteiger partial charge in [0, 0.05) is 23.5 Å². The summed E-state index contributed by atoms with van der Waals surface area (Å²) in [6.07, 6.45) is 9.30. The third kappa shape index (κ3) is 2.61.